The Balaban J connectivity index is 2.04. The van der Waals surface area contributed by atoms with Crippen molar-refractivity contribution < 1.29 is 22.4 Å². The smallest absolute Gasteiger partial charge is 0.272 e. The molecule has 0 saturated carbocycles. The van der Waals surface area contributed by atoms with Gasteiger partial charge in [0.05, 0.1) is 17.3 Å². The largest absolute Gasteiger partial charge is 0.453 e. The lowest BCUT2D eigenvalue weighted by molar-refractivity contribution is 0.153. The molecule has 3 N–H and O–H groups in total. The fraction of sp³-hybridized carbons (Fsp3) is 0.0714. The van der Waals surface area contributed by atoms with Crippen LogP contribution in [0.25, 0.3) is 10.2 Å². The summed E-state index contributed by atoms with van der Waals surface area (Å²) in [6.07, 6.45) is 1.44. The number of nitrogens with one attached hydrogen (secondary N) is 1. The fourth-order valence-electron chi connectivity index (χ4n) is 1.97. The van der Waals surface area contributed by atoms with Gasteiger partial charge in [-0.2, -0.15) is 0 Å². The molecule has 0 bridgehead atoms. The molecule has 3 aromatic rings. The van der Waals surface area contributed by atoms with E-state index in [2.05, 4.69) is 9.82 Å². The van der Waals surface area contributed by atoms with Gasteiger partial charge in [0.1, 0.15) is 9.96 Å². The molecule has 1 aromatic carbocycles. The van der Waals surface area contributed by atoms with Crippen LogP contribution in [-0.4, -0.2) is 20.5 Å². The number of halogens is 1. The van der Waals surface area contributed by atoms with Crippen LogP contribution in [0.4, 0.5) is 10.1 Å². The zero-order chi connectivity index (χ0) is 17.3. The van der Waals surface area contributed by atoms with E-state index in [9.17, 15) is 12.8 Å². The molecule has 0 atom stereocenters. The monoisotopic (exact) mass is 369 g/mol. The first-order valence-corrected chi connectivity index (χ1v) is 8.87. The average molecular weight is 369 g/mol. The molecule has 2 heterocycles. The molecule has 7 nitrogen and oxygen atoms in total. The Morgan fingerprint density at radius 1 is 1.25 bits per heavy atom. The van der Waals surface area contributed by atoms with Gasteiger partial charge in [-0.1, -0.05) is 4.89 Å². The van der Waals surface area contributed by atoms with E-state index in [1.807, 2.05) is 4.89 Å². The number of anilines is 1. The van der Waals surface area contributed by atoms with E-state index in [1.54, 1.807) is 0 Å². The van der Waals surface area contributed by atoms with Gasteiger partial charge in [-0.3, -0.25) is 9.82 Å². The van der Waals surface area contributed by atoms with Crippen LogP contribution >= 0.6 is 11.3 Å². The normalized spacial score (nSPS) is 11.8. The van der Waals surface area contributed by atoms with Crippen LogP contribution in [0.15, 0.2) is 40.7 Å². The molecule has 0 aliphatic heterocycles. The van der Waals surface area contributed by atoms with Gasteiger partial charge in [0.2, 0.25) is 0 Å². The van der Waals surface area contributed by atoms with Crippen LogP contribution in [0.3, 0.4) is 0 Å². The molecular formula is C14H12FN3O4S2. The maximum Gasteiger partial charge on any atom is 0.272 e. The van der Waals surface area contributed by atoms with Crippen molar-refractivity contribution in [2.75, 3.05) is 12.8 Å². The van der Waals surface area contributed by atoms with Crippen LogP contribution in [0.5, 0.6) is 11.5 Å². The van der Waals surface area contributed by atoms with Crippen molar-refractivity contribution in [3.05, 3.63) is 42.3 Å². The maximum absolute atomic E-state index is 13.9. The topological polar surface area (TPSA) is 104 Å². The quantitative estimate of drug-likeness (QED) is 0.529. The van der Waals surface area contributed by atoms with Gasteiger partial charge >= 0.3 is 0 Å². The highest BCUT2D eigenvalue weighted by Crippen LogP contribution is 2.37. The summed E-state index contributed by atoms with van der Waals surface area (Å²) >= 11 is 0.934. The molecule has 126 valence electrons. The summed E-state index contributed by atoms with van der Waals surface area (Å²) in [5.41, 5.74) is 6.18. The minimum absolute atomic E-state index is 0.000628. The Kier molecular flexibility index (Phi) is 4.37. The van der Waals surface area contributed by atoms with Gasteiger partial charge in [-0.25, -0.2) is 12.8 Å². The summed E-state index contributed by atoms with van der Waals surface area (Å²) in [4.78, 5) is 10.5. The Hall–Kier alpha value is -2.27. The van der Waals surface area contributed by atoms with Crippen molar-refractivity contribution in [3.63, 3.8) is 0 Å². The third-order valence-corrected chi connectivity index (χ3v) is 5.86. The molecule has 24 heavy (non-hydrogen) atoms. The molecule has 0 aliphatic carbocycles. The molecule has 0 fully saturated rings. The number of ether oxygens (including phenoxy) is 1. The standard InChI is InChI=1S/C14H12FN3O4S2/c1-21-18-24(19,20)13-7-10-14(23-13)12(4-5-17-10)22-11-3-2-8(16)6-9(11)15/h2-7,18H,16H2,1H3. The second-order valence-corrected chi connectivity index (χ2v) is 7.60. The van der Waals surface area contributed by atoms with Gasteiger partial charge in [-0.15, -0.1) is 11.3 Å². The minimum Gasteiger partial charge on any atom is -0.453 e. The number of fused-ring (bicyclic) bond motifs is 1. The second kappa shape index (κ2) is 6.32. The van der Waals surface area contributed by atoms with Crippen molar-refractivity contribution in [1.29, 1.82) is 0 Å². The van der Waals surface area contributed by atoms with Crippen LogP contribution in [0, 0.1) is 5.82 Å². The number of rotatable bonds is 5. The van der Waals surface area contributed by atoms with E-state index in [1.165, 1.54) is 37.6 Å². The van der Waals surface area contributed by atoms with E-state index >= 15 is 0 Å². The summed E-state index contributed by atoms with van der Waals surface area (Å²) in [6, 6.07) is 6.95. The maximum atomic E-state index is 13.9. The Morgan fingerprint density at radius 2 is 2.04 bits per heavy atom. The van der Waals surface area contributed by atoms with Crippen LogP contribution in [0.1, 0.15) is 0 Å². The van der Waals surface area contributed by atoms with E-state index < -0.39 is 15.8 Å². The summed E-state index contributed by atoms with van der Waals surface area (Å²) in [6.45, 7) is 0. The SMILES string of the molecule is CONS(=O)(=O)c1cc2nccc(Oc3ccc(N)cc3F)c2s1. The molecule has 10 heteroatoms. The van der Waals surface area contributed by atoms with Crippen LogP contribution in [-0.2, 0) is 14.9 Å². The lowest BCUT2D eigenvalue weighted by atomic mass is 10.3. The number of aromatic nitrogens is 1. The molecule has 0 unspecified atom stereocenters. The molecule has 2 aromatic heterocycles. The van der Waals surface area contributed by atoms with Gasteiger partial charge in [0, 0.05) is 24.0 Å². The first kappa shape index (κ1) is 16.6. The molecule has 3 rings (SSSR count). The fourth-order valence-corrected chi connectivity index (χ4v) is 4.13. The van der Waals surface area contributed by atoms with Gasteiger partial charge in [-0.05, 0) is 18.2 Å². The molecule has 0 aliphatic rings. The number of nitrogen functional groups attached to an aromatic ring is 1. The summed E-state index contributed by atoms with van der Waals surface area (Å²) in [5, 5.41) is 0. The summed E-state index contributed by atoms with van der Waals surface area (Å²) in [5.74, 6) is -0.359. The number of sulfonamides is 1. The zero-order valence-corrected chi connectivity index (χ0v) is 13.9. The van der Waals surface area contributed by atoms with E-state index in [0.717, 1.165) is 17.4 Å². The van der Waals surface area contributed by atoms with Gasteiger partial charge in [0.15, 0.2) is 11.6 Å². The van der Waals surface area contributed by atoms with Crippen molar-refractivity contribution >= 4 is 37.3 Å². The average Bonchev–Trinajstić information content (AvgIpc) is 2.96. The van der Waals surface area contributed by atoms with Gasteiger partial charge in [0.25, 0.3) is 10.0 Å². The first-order chi connectivity index (χ1) is 11.4. The van der Waals surface area contributed by atoms with Crippen molar-refractivity contribution in [2.45, 2.75) is 4.21 Å². The second-order valence-electron chi connectivity index (χ2n) is 4.67. The van der Waals surface area contributed by atoms with E-state index in [4.69, 9.17) is 10.5 Å². The summed E-state index contributed by atoms with van der Waals surface area (Å²) < 4.78 is 43.9. The molecule has 0 spiro atoms. The van der Waals surface area contributed by atoms with Crippen molar-refractivity contribution in [2.24, 2.45) is 0 Å². The Bertz CT molecular complexity index is 1000. The molecular weight excluding hydrogens is 357 g/mol. The highest BCUT2D eigenvalue weighted by molar-refractivity contribution is 7.91. The lowest BCUT2D eigenvalue weighted by Crippen LogP contribution is -2.21. The number of hydrogen-bond acceptors (Lipinski definition) is 7. The molecule has 0 amide bonds. The lowest BCUT2D eigenvalue weighted by Gasteiger charge is -2.07. The number of hydrogen-bond donors (Lipinski definition) is 2. The number of benzene rings is 1. The molecule has 0 radical (unpaired) electrons. The highest BCUT2D eigenvalue weighted by atomic mass is 32.2. The molecule has 0 saturated heterocycles. The number of nitrogens with zero attached hydrogens (tertiary/aromatic N) is 1. The van der Waals surface area contributed by atoms with Crippen molar-refractivity contribution in [1.82, 2.24) is 9.87 Å². The highest BCUT2D eigenvalue weighted by Gasteiger charge is 2.20. The number of thiophene rings is 1. The number of pyridine rings is 1. The van der Waals surface area contributed by atoms with Crippen LogP contribution < -0.4 is 15.4 Å². The number of nitrogens with two attached hydrogens (primary N) is 1. The van der Waals surface area contributed by atoms with E-state index in [-0.39, 0.29) is 21.4 Å². The van der Waals surface area contributed by atoms with Crippen molar-refractivity contribution in [3.8, 4) is 11.5 Å². The van der Waals surface area contributed by atoms with Crippen LogP contribution in [0.2, 0.25) is 0 Å². The van der Waals surface area contributed by atoms with Gasteiger partial charge < -0.3 is 10.5 Å². The first-order valence-electron chi connectivity index (χ1n) is 6.57. The minimum atomic E-state index is -3.82. The Labute approximate surface area is 140 Å². The van der Waals surface area contributed by atoms with E-state index in [0.29, 0.717) is 10.2 Å². The summed E-state index contributed by atoms with van der Waals surface area (Å²) in [7, 11) is -2.62. The predicted octanol–water partition coefficient (Wildman–Crippen LogP) is 2.65. The third kappa shape index (κ3) is 3.17. The zero-order valence-electron chi connectivity index (χ0n) is 12.3. The Morgan fingerprint density at radius 3 is 2.75 bits per heavy atom. The third-order valence-electron chi connectivity index (χ3n) is 2.99. The predicted molar refractivity (Wildman–Crippen MR) is 87.8 cm³/mol.